The zero-order valence-corrected chi connectivity index (χ0v) is 19.2. The van der Waals surface area contributed by atoms with Crippen LogP contribution in [-0.2, 0) is 6.54 Å². The van der Waals surface area contributed by atoms with E-state index in [1.807, 2.05) is 13.0 Å². The summed E-state index contributed by atoms with van der Waals surface area (Å²) in [5.41, 5.74) is 3.26. The smallest absolute Gasteiger partial charge is 0.387 e. The Morgan fingerprint density at radius 3 is 2.53 bits per heavy atom. The number of carbonyl (C=O) groups excluding carboxylic acids is 1. The number of carbonyl (C=O) groups is 1. The third-order valence-corrected chi connectivity index (χ3v) is 5.84. The summed E-state index contributed by atoms with van der Waals surface area (Å²) in [4.78, 5) is 39.4. The molecule has 0 aliphatic carbocycles. The van der Waals surface area contributed by atoms with Gasteiger partial charge in [-0.3, -0.25) is 14.5 Å². The number of piperazine rings is 1. The van der Waals surface area contributed by atoms with E-state index in [1.54, 1.807) is 25.2 Å². The van der Waals surface area contributed by atoms with Gasteiger partial charge in [-0.15, -0.1) is 0 Å². The number of amides is 1. The van der Waals surface area contributed by atoms with Gasteiger partial charge in [-0.2, -0.15) is 8.78 Å². The summed E-state index contributed by atoms with van der Waals surface area (Å²) in [6.07, 6.45) is 0. The molecule has 0 atom stereocenters. The van der Waals surface area contributed by atoms with E-state index in [2.05, 4.69) is 30.1 Å². The molecule has 3 heterocycles. The first-order valence-electron chi connectivity index (χ1n) is 10.9. The number of alkyl halides is 2. The standard InChI is InChI=1S/C23H26F2N6O3/c1-13-18(5-4-16(27-13)22(33)26-3)31-8-6-30(7-9-31)12-15-10-17-20(19(11-15)34-23(24)25)28-14(2)21(32)29-17/h4-5,10-11,23H,6-9,12H2,1-3H3,(H,26,33)(H,29,32). The van der Waals surface area contributed by atoms with Crippen molar-refractivity contribution in [3.8, 4) is 5.75 Å². The van der Waals surface area contributed by atoms with E-state index in [0.29, 0.717) is 17.8 Å². The van der Waals surface area contributed by atoms with Gasteiger partial charge in [-0.1, -0.05) is 0 Å². The number of aromatic nitrogens is 3. The number of nitrogens with one attached hydrogen (secondary N) is 2. The van der Waals surface area contributed by atoms with E-state index in [-0.39, 0.29) is 28.4 Å². The van der Waals surface area contributed by atoms with Crippen LogP contribution in [0, 0.1) is 13.8 Å². The Hall–Kier alpha value is -3.60. The highest BCUT2D eigenvalue weighted by Crippen LogP contribution is 2.27. The first-order chi connectivity index (χ1) is 16.2. The lowest BCUT2D eigenvalue weighted by atomic mass is 10.1. The average molecular weight is 472 g/mol. The van der Waals surface area contributed by atoms with E-state index in [4.69, 9.17) is 4.74 Å². The molecule has 1 amide bonds. The lowest BCUT2D eigenvalue weighted by Gasteiger charge is -2.36. The van der Waals surface area contributed by atoms with Crippen LogP contribution >= 0.6 is 0 Å². The molecule has 4 rings (SSSR count). The molecule has 1 aliphatic rings. The molecule has 0 spiro atoms. The number of fused-ring (bicyclic) bond motifs is 1. The number of hydrogen-bond donors (Lipinski definition) is 2. The highest BCUT2D eigenvalue weighted by molar-refractivity contribution is 5.92. The van der Waals surface area contributed by atoms with Crippen molar-refractivity contribution in [1.29, 1.82) is 0 Å². The van der Waals surface area contributed by atoms with Crippen LogP contribution in [0.4, 0.5) is 14.5 Å². The molecule has 34 heavy (non-hydrogen) atoms. The maximum atomic E-state index is 13.0. The van der Waals surface area contributed by atoms with Crippen molar-refractivity contribution in [3.63, 3.8) is 0 Å². The number of nitrogens with zero attached hydrogens (tertiary/aromatic N) is 4. The third kappa shape index (κ3) is 4.98. The van der Waals surface area contributed by atoms with Gasteiger partial charge in [-0.25, -0.2) is 9.97 Å². The van der Waals surface area contributed by atoms with Crippen LogP contribution in [0.2, 0.25) is 0 Å². The zero-order valence-electron chi connectivity index (χ0n) is 19.2. The number of hydrogen-bond acceptors (Lipinski definition) is 7. The van der Waals surface area contributed by atoms with Crippen molar-refractivity contribution in [2.75, 3.05) is 38.1 Å². The van der Waals surface area contributed by atoms with Crippen LogP contribution in [-0.4, -0.2) is 65.6 Å². The Balaban J connectivity index is 1.49. The minimum Gasteiger partial charge on any atom is -0.432 e. The molecule has 1 saturated heterocycles. The minimum absolute atomic E-state index is 0.0570. The number of rotatable bonds is 6. The van der Waals surface area contributed by atoms with E-state index in [9.17, 15) is 18.4 Å². The number of aromatic amines is 1. The Morgan fingerprint density at radius 2 is 1.88 bits per heavy atom. The van der Waals surface area contributed by atoms with Gasteiger partial charge in [0.1, 0.15) is 16.9 Å². The average Bonchev–Trinajstić information content (AvgIpc) is 2.80. The summed E-state index contributed by atoms with van der Waals surface area (Å²) in [6.45, 7) is 3.87. The number of aryl methyl sites for hydroxylation is 2. The Morgan fingerprint density at radius 1 is 1.15 bits per heavy atom. The Bertz CT molecular complexity index is 1270. The number of halogens is 2. The summed E-state index contributed by atoms with van der Waals surface area (Å²) < 4.78 is 30.7. The van der Waals surface area contributed by atoms with Gasteiger partial charge >= 0.3 is 6.61 Å². The second-order valence-corrected chi connectivity index (χ2v) is 8.16. The quantitative estimate of drug-likeness (QED) is 0.567. The van der Waals surface area contributed by atoms with Gasteiger partial charge in [0, 0.05) is 39.8 Å². The predicted molar refractivity (Wildman–Crippen MR) is 124 cm³/mol. The molecule has 1 aromatic carbocycles. The molecule has 0 radical (unpaired) electrons. The molecule has 1 aliphatic heterocycles. The first kappa shape index (κ1) is 23.6. The fraction of sp³-hybridized carbons (Fsp3) is 0.391. The van der Waals surface area contributed by atoms with Crippen molar-refractivity contribution in [1.82, 2.24) is 25.2 Å². The molecule has 1 fully saturated rings. The second-order valence-electron chi connectivity index (χ2n) is 8.16. The van der Waals surface area contributed by atoms with Crippen molar-refractivity contribution in [2.45, 2.75) is 27.0 Å². The number of ether oxygens (including phenoxy) is 1. The summed E-state index contributed by atoms with van der Waals surface area (Å²) in [5.74, 6) is -0.282. The largest absolute Gasteiger partial charge is 0.432 e. The van der Waals surface area contributed by atoms with Crippen LogP contribution in [0.3, 0.4) is 0 Å². The highest BCUT2D eigenvalue weighted by atomic mass is 19.3. The van der Waals surface area contributed by atoms with Gasteiger partial charge in [0.15, 0.2) is 5.75 Å². The maximum absolute atomic E-state index is 13.0. The van der Waals surface area contributed by atoms with Gasteiger partial charge < -0.3 is 19.9 Å². The monoisotopic (exact) mass is 472 g/mol. The molecule has 9 nitrogen and oxygen atoms in total. The van der Waals surface area contributed by atoms with E-state index in [0.717, 1.165) is 43.1 Å². The summed E-state index contributed by atoms with van der Waals surface area (Å²) >= 11 is 0. The van der Waals surface area contributed by atoms with Crippen molar-refractivity contribution in [2.24, 2.45) is 0 Å². The maximum Gasteiger partial charge on any atom is 0.387 e. The fourth-order valence-corrected chi connectivity index (χ4v) is 4.13. The van der Waals surface area contributed by atoms with Gasteiger partial charge in [0.05, 0.1) is 16.9 Å². The van der Waals surface area contributed by atoms with Crippen molar-refractivity contribution in [3.05, 3.63) is 57.3 Å². The topological polar surface area (TPSA) is 103 Å². The molecular formula is C23H26F2N6O3. The van der Waals surface area contributed by atoms with E-state index >= 15 is 0 Å². The number of benzene rings is 1. The lowest BCUT2D eigenvalue weighted by Crippen LogP contribution is -2.46. The normalized spacial score (nSPS) is 14.6. The molecule has 0 unspecified atom stereocenters. The number of anilines is 1. The van der Waals surface area contributed by atoms with Gasteiger partial charge in [0.2, 0.25) is 0 Å². The van der Waals surface area contributed by atoms with Crippen LogP contribution in [0.25, 0.3) is 11.0 Å². The van der Waals surface area contributed by atoms with Crippen LogP contribution in [0.15, 0.2) is 29.1 Å². The molecule has 180 valence electrons. The molecule has 0 bridgehead atoms. The highest BCUT2D eigenvalue weighted by Gasteiger charge is 2.21. The fourth-order valence-electron chi connectivity index (χ4n) is 4.13. The Labute approximate surface area is 194 Å². The van der Waals surface area contributed by atoms with Gasteiger partial charge in [0.25, 0.3) is 11.5 Å². The molecule has 11 heteroatoms. The van der Waals surface area contributed by atoms with Crippen molar-refractivity contribution >= 4 is 22.6 Å². The van der Waals surface area contributed by atoms with Crippen molar-refractivity contribution < 1.29 is 18.3 Å². The molecule has 2 aromatic heterocycles. The molecule has 0 saturated carbocycles. The lowest BCUT2D eigenvalue weighted by molar-refractivity contribution is -0.0489. The second kappa shape index (κ2) is 9.72. The summed E-state index contributed by atoms with van der Waals surface area (Å²) in [5, 5.41) is 2.57. The van der Waals surface area contributed by atoms with Crippen LogP contribution in [0.5, 0.6) is 5.75 Å². The number of H-pyrrole nitrogens is 1. The van der Waals surface area contributed by atoms with Gasteiger partial charge in [-0.05, 0) is 43.7 Å². The van der Waals surface area contributed by atoms with E-state index in [1.165, 1.54) is 6.92 Å². The first-order valence-corrected chi connectivity index (χ1v) is 10.9. The third-order valence-electron chi connectivity index (χ3n) is 5.84. The molecule has 2 N–H and O–H groups in total. The molecule has 3 aromatic rings. The summed E-state index contributed by atoms with van der Waals surface area (Å²) in [7, 11) is 1.57. The summed E-state index contributed by atoms with van der Waals surface area (Å²) in [6, 6.07) is 6.92. The SMILES string of the molecule is CNC(=O)c1ccc(N2CCN(Cc3cc(OC(F)F)c4nc(C)c(=O)[nH]c4c3)CC2)c(C)n1. The molecular weight excluding hydrogens is 446 g/mol. The minimum atomic E-state index is -3.00. The van der Waals surface area contributed by atoms with Crippen LogP contribution < -0.4 is 20.5 Å². The predicted octanol–water partition coefficient (Wildman–Crippen LogP) is 2.22. The number of pyridine rings is 1. The van der Waals surface area contributed by atoms with E-state index < -0.39 is 6.61 Å². The van der Waals surface area contributed by atoms with Crippen LogP contribution in [0.1, 0.15) is 27.4 Å². The zero-order chi connectivity index (χ0) is 24.4. The Kier molecular flexibility index (Phi) is 6.73.